The lowest BCUT2D eigenvalue weighted by Crippen LogP contribution is -2.43. The van der Waals surface area contributed by atoms with Gasteiger partial charge in [0.15, 0.2) is 5.78 Å². The first-order chi connectivity index (χ1) is 11.1. The maximum absolute atomic E-state index is 11.9. The van der Waals surface area contributed by atoms with Crippen LogP contribution in [0.3, 0.4) is 0 Å². The quantitative estimate of drug-likeness (QED) is 0.830. The Balaban J connectivity index is 1.70. The molecule has 4 nitrogen and oxygen atoms in total. The summed E-state index contributed by atoms with van der Waals surface area (Å²) in [7, 11) is 0. The SMILES string of the molecule is CC1=CC(=O)CC2=C1Nc1c(C)cc(N3CCNCC3)cc1S2. The van der Waals surface area contributed by atoms with Gasteiger partial charge in [-0.05, 0) is 43.2 Å². The predicted molar refractivity (Wildman–Crippen MR) is 96.1 cm³/mol. The number of allylic oxidation sites excluding steroid dienone is 3. The Morgan fingerprint density at radius 1 is 1.17 bits per heavy atom. The Hall–Kier alpha value is -1.72. The van der Waals surface area contributed by atoms with Crippen molar-refractivity contribution in [2.45, 2.75) is 25.2 Å². The third-order valence-electron chi connectivity index (χ3n) is 4.63. The number of aryl methyl sites for hydroxylation is 1. The van der Waals surface area contributed by atoms with Crippen molar-refractivity contribution in [1.29, 1.82) is 0 Å². The molecule has 1 fully saturated rings. The molecule has 5 heteroatoms. The minimum absolute atomic E-state index is 0.203. The van der Waals surface area contributed by atoms with E-state index in [2.05, 4.69) is 34.6 Å². The molecule has 0 radical (unpaired) electrons. The molecule has 0 unspecified atom stereocenters. The number of nitrogens with zero attached hydrogens (tertiary/aromatic N) is 1. The molecular weight excluding hydrogens is 306 g/mol. The van der Waals surface area contributed by atoms with Crippen molar-refractivity contribution in [3.63, 3.8) is 0 Å². The molecule has 23 heavy (non-hydrogen) atoms. The fourth-order valence-electron chi connectivity index (χ4n) is 3.43. The highest BCUT2D eigenvalue weighted by molar-refractivity contribution is 8.03. The van der Waals surface area contributed by atoms with Crippen LogP contribution < -0.4 is 15.5 Å². The van der Waals surface area contributed by atoms with E-state index < -0.39 is 0 Å². The largest absolute Gasteiger partial charge is 0.369 e. The molecule has 0 aromatic heterocycles. The van der Waals surface area contributed by atoms with Crippen molar-refractivity contribution in [3.05, 3.63) is 39.9 Å². The number of piperazine rings is 1. The van der Waals surface area contributed by atoms with E-state index in [4.69, 9.17) is 0 Å². The predicted octanol–water partition coefficient (Wildman–Crippen LogP) is 3.05. The molecule has 0 atom stereocenters. The van der Waals surface area contributed by atoms with Crippen LogP contribution in [0, 0.1) is 6.92 Å². The molecule has 3 aliphatic rings. The van der Waals surface area contributed by atoms with Crippen LogP contribution in [0.15, 0.2) is 39.3 Å². The number of hydrogen-bond donors (Lipinski definition) is 2. The number of carbonyl (C=O) groups excluding carboxylic acids is 1. The van der Waals surface area contributed by atoms with Crippen LogP contribution in [0.4, 0.5) is 11.4 Å². The number of rotatable bonds is 1. The maximum atomic E-state index is 11.9. The van der Waals surface area contributed by atoms with Crippen molar-refractivity contribution in [2.75, 3.05) is 36.4 Å². The van der Waals surface area contributed by atoms with Gasteiger partial charge >= 0.3 is 0 Å². The molecule has 120 valence electrons. The van der Waals surface area contributed by atoms with Gasteiger partial charge in [0.2, 0.25) is 0 Å². The van der Waals surface area contributed by atoms with E-state index in [9.17, 15) is 4.79 Å². The summed E-state index contributed by atoms with van der Waals surface area (Å²) in [4.78, 5) is 16.7. The first-order valence-electron chi connectivity index (χ1n) is 8.11. The zero-order valence-electron chi connectivity index (χ0n) is 13.5. The van der Waals surface area contributed by atoms with Gasteiger partial charge in [-0.25, -0.2) is 0 Å². The summed E-state index contributed by atoms with van der Waals surface area (Å²) < 4.78 is 0. The monoisotopic (exact) mass is 327 g/mol. The van der Waals surface area contributed by atoms with E-state index in [0.717, 1.165) is 42.4 Å². The summed E-state index contributed by atoms with van der Waals surface area (Å²) in [6.45, 7) is 8.34. The molecule has 1 aromatic rings. The fraction of sp³-hybridized carbons (Fsp3) is 0.389. The molecule has 0 amide bonds. The molecule has 2 heterocycles. The summed E-state index contributed by atoms with van der Waals surface area (Å²) in [5, 5.41) is 6.97. The van der Waals surface area contributed by atoms with Gasteiger partial charge in [0.05, 0.1) is 11.4 Å². The zero-order valence-corrected chi connectivity index (χ0v) is 14.3. The smallest absolute Gasteiger partial charge is 0.161 e. The van der Waals surface area contributed by atoms with Crippen LogP contribution >= 0.6 is 11.8 Å². The Morgan fingerprint density at radius 3 is 2.74 bits per heavy atom. The second-order valence-corrected chi connectivity index (χ2v) is 7.51. The molecule has 0 saturated carbocycles. The molecule has 1 saturated heterocycles. The van der Waals surface area contributed by atoms with Crippen molar-refractivity contribution >= 4 is 28.9 Å². The standard InChI is InChI=1S/C18H21N3OS/c1-11-7-13(21-5-3-19-4-6-21)9-15-17(11)20-18-12(2)8-14(22)10-16(18)23-15/h7-9,19-20H,3-6,10H2,1-2H3. The second kappa shape index (κ2) is 5.73. The highest BCUT2D eigenvalue weighted by Gasteiger charge is 2.26. The van der Waals surface area contributed by atoms with E-state index >= 15 is 0 Å². The number of ketones is 1. The van der Waals surface area contributed by atoms with E-state index in [1.54, 1.807) is 17.8 Å². The van der Waals surface area contributed by atoms with E-state index in [0.29, 0.717) is 6.42 Å². The minimum Gasteiger partial charge on any atom is -0.369 e. The molecule has 2 N–H and O–H groups in total. The highest BCUT2D eigenvalue weighted by Crippen LogP contribution is 2.47. The van der Waals surface area contributed by atoms with Crippen molar-refractivity contribution in [1.82, 2.24) is 5.32 Å². The number of carbonyl (C=O) groups is 1. The van der Waals surface area contributed by atoms with Crippen LogP contribution in [0.25, 0.3) is 0 Å². The average molecular weight is 327 g/mol. The zero-order chi connectivity index (χ0) is 16.0. The summed E-state index contributed by atoms with van der Waals surface area (Å²) in [6.07, 6.45) is 2.27. The lowest BCUT2D eigenvalue weighted by Gasteiger charge is -2.32. The van der Waals surface area contributed by atoms with Crippen LogP contribution in [0.5, 0.6) is 0 Å². The molecule has 4 rings (SSSR count). The maximum Gasteiger partial charge on any atom is 0.161 e. The van der Waals surface area contributed by atoms with Gasteiger partial charge < -0.3 is 15.5 Å². The number of benzene rings is 1. The number of anilines is 2. The van der Waals surface area contributed by atoms with E-state index in [1.807, 2.05) is 6.92 Å². The molecule has 0 bridgehead atoms. The summed E-state index contributed by atoms with van der Waals surface area (Å²) in [5.74, 6) is 0.203. The number of thioether (sulfide) groups is 1. The Kier molecular flexibility index (Phi) is 3.70. The summed E-state index contributed by atoms with van der Waals surface area (Å²) >= 11 is 1.75. The summed E-state index contributed by atoms with van der Waals surface area (Å²) in [6, 6.07) is 4.55. The lowest BCUT2D eigenvalue weighted by molar-refractivity contribution is -0.114. The Bertz CT molecular complexity index is 745. The van der Waals surface area contributed by atoms with Gasteiger partial charge in [0.25, 0.3) is 0 Å². The van der Waals surface area contributed by atoms with Crippen molar-refractivity contribution in [2.24, 2.45) is 0 Å². The number of nitrogens with one attached hydrogen (secondary N) is 2. The third kappa shape index (κ3) is 2.68. The molecule has 0 spiro atoms. The molecule has 1 aromatic carbocycles. The Morgan fingerprint density at radius 2 is 1.96 bits per heavy atom. The van der Waals surface area contributed by atoms with Crippen molar-refractivity contribution in [3.8, 4) is 0 Å². The van der Waals surface area contributed by atoms with Gasteiger partial charge in [-0.15, -0.1) is 0 Å². The first-order valence-corrected chi connectivity index (χ1v) is 8.93. The van der Waals surface area contributed by atoms with Crippen LogP contribution in [0.2, 0.25) is 0 Å². The van der Waals surface area contributed by atoms with Gasteiger partial charge in [-0.2, -0.15) is 0 Å². The third-order valence-corrected chi connectivity index (χ3v) is 5.77. The fourth-order valence-corrected chi connectivity index (χ4v) is 4.71. The first kappa shape index (κ1) is 14.8. The Labute approximate surface area is 141 Å². The molecular formula is C18H21N3OS. The molecule has 2 aliphatic heterocycles. The van der Waals surface area contributed by atoms with Crippen molar-refractivity contribution < 1.29 is 4.79 Å². The average Bonchev–Trinajstić information content (AvgIpc) is 2.54. The van der Waals surface area contributed by atoms with Gasteiger partial charge in [0.1, 0.15) is 0 Å². The second-order valence-electron chi connectivity index (χ2n) is 6.37. The number of hydrogen-bond acceptors (Lipinski definition) is 5. The normalized spacial score (nSPS) is 20.7. The number of fused-ring (bicyclic) bond motifs is 1. The van der Waals surface area contributed by atoms with Gasteiger partial charge in [-0.1, -0.05) is 11.8 Å². The topological polar surface area (TPSA) is 44.4 Å². The van der Waals surface area contributed by atoms with Crippen LogP contribution in [0.1, 0.15) is 18.9 Å². The van der Waals surface area contributed by atoms with Gasteiger partial charge in [-0.3, -0.25) is 4.79 Å². The molecule has 1 aliphatic carbocycles. The van der Waals surface area contributed by atoms with E-state index in [1.165, 1.54) is 21.8 Å². The highest BCUT2D eigenvalue weighted by atomic mass is 32.2. The lowest BCUT2D eigenvalue weighted by atomic mass is 10.0. The minimum atomic E-state index is 0.203. The van der Waals surface area contributed by atoms with Crippen LogP contribution in [-0.2, 0) is 4.79 Å². The summed E-state index contributed by atoms with van der Waals surface area (Å²) in [5.41, 5.74) is 5.91. The van der Waals surface area contributed by atoms with Crippen LogP contribution in [-0.4, -0.2) is 32.0 Å². The van der Waals surface area contributed by atoms with E-state index in [-0.39, 0.29) is 5.78 Å². The van der Waals surface area contributed by atoms with Gasteiger partial charge in [0, 0.05) is 48.1 Å².